The van der Waals surface area contributed by atoms with E-state index in [4.69, 9.17) is 9.47 Å². The molecule has 0 radical (unpaired) electrons. The van der Waals surface area contributed by atoms with Crippen LogP contribution >= 0.6 is 15.9 Å². The van der Waals surface area contributed by atoms with Gasteiger partial charge in [0.2, 0.25) is 0 Å². The number of hydrogen-bond donors (Lipinski definition) is 0. The van der Waals surface area contributed by atoms with Gasteiger partial charge in [0.1, 0.15) is 17.2 Å². The van der Waals surface area contributed by atoms with E-state index in [2.05, 4.69) is 25.8 Å². The number of pyridine rings is 1. The normalized spacial score (nSPS) is 18.8. The molecule has 1 aliphatic rings. The maximum atomic E-state index is 12.3. The zero-order valence-corrected chi connectivity index (χ0v) is 15.9. The first-order valence-corrected chi connectivity index (χ1v) is 8.44. The van der Waals surface area contributed by atoms with E-state index >= 15 is 0 Å². The van der Waals surface area contributed by atoms with Gasteiger partial charge in [-0.15, -0.1) is 0 Å². The molecule has 0 bridgehead atoms. The molecular weight excluding hydrogens is 362 g/mol. The molecule has 6 nitrogen and oxygen atoms in total. The fourth-order valence-corrected chi connectivity index (χ4v) is 2.88. The highest BCUT2D eigenvalue weighted by Crippen LogP contribution is 2.28. The van der Waals surface area contributed by atoms with Crippen LogP contribution in [0.2, 0.25) is 0 Å². The van der Waals surface area contributed by atoms with Crippen molar-refractivity contribution in [2.45, 2.75) is 39.3 Å². The number of amides is 1. The van der Waals surface area contributed by atoms with Crippen molar-refractivity contribution in [1.29, 1.82) is 0 Å². The minimum Gasteiger partial charge on any atom is -0.495 e. The van der Waals surface area contributed by atoms with Gasteiger partial charge in [-0.25, -0.2) is 9.78 Å². The Kier molecular flexibility index (Phi) is 5.39. The van der Waals surface area contributed by atoms with Crippen molar-refractivity contribution >= 4 is 27.8 Å². The first-order chi connectivity index (χ1) is 10.7. The quantitative estimate of drug-likeness (QED) is 0.781. The molecule has 1 aliphatic heterocycles. The number of nitrogens with zero attached hydrogens (tertiary/aromatic N) is 3. The Morgan fingerprint density at radius 1 is 1.39 bits per heavy atom. The Hall–Kier alpha value is -1.50. The number of anilines is 1. The van der Waals surface area contributed by atoms with Gasteiger partial charge in [-0.2, -0.15) is 0 Å². The predicted molar refractivity (Wildman–Crippen MR) is 93.1 cm³/mol. The Labute approximate surface area is 145 Å². The summed E-state index contributed by atoms with van der Waals surface area (Å²) in [6.45, 7) is 9.68. The zero-order valence-electron chi connectivity index (χ0n) is 14.3. The lowest BCUT2D eigenvalue weighted by molar-refractivity contribution is 0.0158. The lowest BCUT2D eigenvalue weighted by atomic mass is 10.2. The zero-order chi connectivity index (χ0) is 17.2. The second-order valence-corrected chi connectivity index (χ2v) is 7.50. The van der Waals surface area contributed by atoms with E-state index in [1.807, 2.05) is 33.8 Å². The third-order valence-electron chi connectivity index (χ3n) is 3.61. The van der Waals surface area contributed by atoms with E-state index < -0.39 is 5.60 Å². The molecule has 2 heterocycles. The molecule has 2 rings (SSSR count). The number of halogens is 1. The van der Waals surface area contributed by atoms with Crippen LogP contribution in [0.4, 0.5) is 10.6 Å². The lowest BCUT2D eigenvalue weighted by Gasteiger charge is -2.40. The van der Waals surface area contributed by atoms with Crippen LogP contribution in [0.5, 0.6) is 5.75 Å². The van der Waals surface area contributed by atoms with Gasteiger partial charge < -0.3 is 19.3 Å². The molecule has 23 heavy (non-hydrogen) atoms. The minimum atomic E-state index is -0.478. The molecule has 1 amide bonds. The average molecular weight is 386 g/mol. The van der Waals surface area contributed by atoms with E-state index in [1.165, 1.54) is 0 Å². The molecule has 1 aromatic rings. The summed E-state index contributed by atoms with van der Waals surface area (Å²) in [4.78, 5) is 20.6. The lowest BCUT2D eigenvalue weighted by Crippen LogP contribution is -2.55. The second-order valence-electron chi connectivity index (χ2n) is 6.65. The highest BCUT2D eigenvalue weighted by atomic mass is 79.9. The molecule has 0 spiro atoms. The summed E-state index contributed by atoms with van der Waals surface area (Å²) < 4.78 is 11.6. The third kappa shape index (κ3) is 4.50. The van der Waals surface area contributed by atoms with Crippen LogP contribution in [0.1, 0.15) is 27.7 Å². The van der Waals surface area contributed by atoms with Crippen LogP contribution in [0.15, 0.2) is 16.7 Å². The van der Waals surface area contributed by atoms with Gasteiger partial charge in [-0.05, 0) is 43.6 Å². The summed E-state index contributed by atoms with van der Waals surface area (Å²) in [5, 5.41) is 0. The fraction of sp³-hybridized carbons (Fsp3) is 0.625. The molecular formula is C16H24BrN3O3. The Balaban J connectivity index is 2.05. The molecule has 0 aliphatic carbocycles. The van der Waals surface area contributed by atoms with Crippen LogP contribution in [-0.4, -0.2) is 54.4 Å². The molecule has 1 aromatic heterocycles. The van der Waals surface area contributed by atoms with Crippen molar-refractivity contribution in [2.75, 3.05) is 31.6 Å². The van der Waals surface area contributed by atoms with E-state index in [9.17, 15) is 4.79 Å². The van der Waals surface area contributed by atoms with E-state index in [0.29, 0.717) is 19.6 Å². The smallest absolute Gasteiger partial charge is 0.410 e. The van der Waals surface area contributed by atoms with Crippen LogP contribution in [0, 0.1) is 0 Å². The third-order valence-corrected chi connectivity index (χ3v) is 4.20. The molecule has 1 saturated heterocycles. The first-order valence-electron chi connectivity index (χ1n) is 7.65. The number of piperazine rings is 1. The standard InChI is InChI=1S/C16H24BrN3O3/c1-11-10-19(14-8-13(22-5)12(17)9-18-14)6-7-20(11)15(21)23-16(2,3)4/h8-9,11H,6-7,10H2,1-5H3/t11-/m1/s1. The van der Waals surface area contributed by atoms with E-state index in [0.717, 1.165) is 16.0 Å². The second kappa shape index (κ2) is 6.95. The number of ether oxygens (including phenoxy) is 2. The Morgan fingerprint density at radius 3 is 2.65 bits per heavy atom. The van der Waals surface area contributed by atoms with Crippen LogP contribution in [0.25, 0.3) is 0 Å². The molecule has 128 valence electrons. The van der Waals surface area contributed by atoms with Gasteiger partial charge in [-0.3, -0.25) is 0 Å². The van der Waals surface area contributed by atoms with E-state index in [-0.39, 0.29) is 12.1 Å². The average Bonchev–Trinajstić information content (AvgIpc) is 2.45. The maximum absolute atomic E-state index is 12.3. The molecule has 0 N–H and O–H groups in total. The summed E-state index contributed by atoms with van der Waals surface area (Å²) in [5.41, 5.74) is -0.478. The van der Waals surface area contributed by atoms with Crippen molar-refractivity contribution in [1.82, 2.24) is 9.88 Å². The molecule has 1 fully saturated rings. The molecule has 7 heteroatoms. The highest BCUT2D eigenvalue weighted by molar-refractivity contribution is 9.10. The number of aromatic nitrogens is 1. The number of hydrogen-bond acceptors (Lipinski definition) is 5. The highest BCUT2D eigenvalue weighted by Gasteiger charge is 2.31. The van der Waals surface area contributed by atoms with Crippen LogP contribution in [0.3, 0.4) is 0 Å². The van der Waals surface area contributed by atoms with Gasteiger partial charge in [0.25, 0.3) is 0 Å². The first kappa shape index (κ1) is 17.8. The summed E-state index contributed by atoms with van der Waals surface area (Å²) >= 11 is 3.41. The van der Waals surface area contributed by atoms with Gasteiger partial charge in [0, 0.05) is 37.9 Å². The SMILES string of the molecule is COc1cc(N2CCN(C(=O)OC(C)(C)C)[C@H](C)C2)ncc1Br. The number of methoxy groups -OCH3 is 1. The number of rotatable bonds is 2. The van der Waals surface area contributed by atoms with Crippen molar-refractivity contribution in [2.24, 2.45) is 0 Å². The van der Waals surface area contributed by atoms with Crippen molar-refractivity contribution < 1.29 is 14.3 Å². The summed E-state index contributed by atoms with van der Waals surface area (Å²) in [5.74, 6) is 1.60. The molecule has 0 saturated carbocycles. The van der Waals surface area contributed by atoms with Crippen LogP contribution in [-0.2, 0) is 4.74 Å². The monoisotopic (exact) mass is 385 g/mol. The van der Waals surface area contributed by atoms with Crippen molar-refractivity contribution in [3.05, 3.63) is 16.7 Å². The summed E-state index contributed by atoms with van der Waals surface area (Å²) in [6, 6.07) is 1.95. The largest absolute Gasteiger partial charge is 0.495 e. The predicted octanol–water partition coefficient (Wildman–Crippen LogP) is 3.30. The van der Waals surface area contributed by atoms with Gasteiger partial charge >= 0.3 is 6.09 Å². The molecule has 0 unspecified atom stereocenters. The van der Waals surface area contributed by atoms with E-state index in [1.54, 1.807) is 18.2 Å². The fourth-order valence-electron chi connectivity index (χ4n) is 2.50. The van der Waals surface area contributed by atoms with Crippen molar-refractivity contribution in [3.8, 4) is 5.75 Å². The summed E-state index contributed by atoms with van der Waals surface area (Å²) in [6.07, 6.45) is 1.48. The number of carbonyl (C=O) groups is 1. The minimum absolute atomic E-state index is 0.0510. The Bertz CT molecular complexity index is 574. The Morgan fingerprint density at radius 2 is 2.09 bits per heavy atom. The maximum Gasteiger partial charge on any atom is 0.410 e. The summed E-state index contributed by atoms with van der Waals surface area (Å²) in [7, 11) is 1.63. The van der Waals surface area contributed by atoms with Gasteiger partial charge in [-0.1, -0.05) is 0 Å². The van der Waals surface area contributed by atoms with Crippen molar-refractivity contribution in [3.63, 3.8) is 0 Å². The van der Waals surface area contributed by atoms with Crippen LogP contribution < -0.4 is 9.64 Å². The van der Waals surface area contributed by atoms with Gasteiger partial charge in [0.15, 0.2) is 0 Å². The molecule has 0 aromatic carbocycles. The molecule has 1 atom stereocenters. The van der Waals surface area contributed by atoms with Gasteiger partial charge in [0.05, 0.1) is 11.6 Å². The topological polar surface area (TPSA) is 54.9 Å². The number of carbonyl (C=O) groups excluding carboxylic acids is 1.